The van der Waals surface area contributed by atoms with E-state index in [1.54, 1.807) is 4.98 Å². The predicted molar refractivity (Wildman–Crippen MR) is 58.5 cm³/mol. The van der Waals surface area contributed by atoms with Gasteiger partial charge in [-0.3, -0.25) is 4.98 Å². The van der Waals surface area contributed by atoms with Gasteiger partial charge in [-0.15, -0.1) is 0 Å². The van der Waals surface area contributed by atoms with E-state index in [9.17, 15) is 24.6 Å². The Kier molecular flexibility index (Phi) is 3.61. The Labute approximate surface area is 94.4 Å². The van der Waals surface area contributed by atoms with E-state index in [0.717, 1.165) is 12.2 Å². The van der Waals surface area contributed by atoms with Crippen LogP contribution in [0.2, 0.25) is 0 Å². The molecular formula is C9H11N3O5. The maximum Gasteiger partial charge on any atom is 0.341 e. The quantitative estimate of drug-likeness (QED) is 0.530. The van der Waals surface area contributed by atoms with Crippen molar-refractivity contribution in [1.82, 2.24) is 14.1 Å². The highest BCUT2D eigenvalue weighted by Gasteiger charge is 2.17. The minimum Gasteiger partial charge on any atom is -0.369 e. The lowest BCUT2D eigenvalue weighted by atomic mass is 10.5. The summed E-state index contributed by atoms with van der Waals surface area (Å²) in [6, 6.07) is 0. The van der Waals surface area contributed by atoms with Crippen LogP contribution in [0.15, 0.2) is 39.7 Å². The average Bonchev–Trinajstić information content (AvgIpc) is 2.27. The van der Waals surface area contributed by atoms with Crippen molar-refractivity contribution in [3.8, 4) is 0 Å². The molecule has 0 aliphatic rings. The first-order valence-corrected chi connectivity index (χ1v) is 4.52. The van der Waals surface area contributed by atoms with Crippen LogP contribution in [0.25, 0.3) is 0 Å². The Morgan fingerprint density at radius 1 is 1.00 bits per heavy atom. The average molecular weight is 241 g/mol. The summed E-state index contributed by atoms with van der Waals surface area (Å²) in [5.41, 5.74) is -3.36. The Bertz CT molecular complexity index is 559. The summed E-state index contributed by atoms with van der Waals surface area (Å²) in [5, 5.41) is 18.7. The van der Waals surface area contributed by atoms with Crippen molar-refractivity contribution < 1.29 is 10.2 Å². The zero-order valence-corrected chi connectivity index (χ0v) is 8.74. The molecule has 0 saturated heterocycles. The van der Waals surface area contributed by atoms with Crippen molar-refractivity contribution in [3.63, 3.8) is 0 Å². The monoisotopic (exact) mass is 241 g/mol. The van der Waals surface area contributed by atoms with Gasteiger partial charge in [0.05, 0.1) is 0 Å². The van der Waals surface area contributed by atoms with E-state index in [-0.39, 0.29) is 0 Å². The molecule has 3 N–H and O–H groups in total. The lowest BCUT2D eigenvalue weighted by Gasteiger charge is -2.12. The van der Waals surface area contributed by atoms with Crippen LogP contribution < -0.4 is 17.1 Å². The topological polar surface area (TPSA) is 117 Å². The number of hydrogen-bond donors (Lipinski definition) is 3. The van der Waals surface area contributed by atoms with Crippen molar-refractivity contribution in [2.45, 2.75) is 12.5 Å². The second kappa shape index (κ2) is 4.76. The molecule has 2 unspecified atom stereocenters. The number of nitrogens with one attached hydrogen (secondary N) is 1. The van der Waals surface area contributed by atoms with Gasteiger partial charge in [0.2, 0.25) is 0 Å². The normalized spacial score (nSPS) is 14.0. The maximum atomic E-state index is 11.7. The van der Waals surface area contributed by atoms with E-state index in [2.05, 4.69) is 13.2 Å². The number of hydrogen-bond acceptors (Lipinski definition) is 5. The van der Waals surface area contributed by atoms with Crippen LogP contribution in [0, 0.1) is 0 Å². The molecule has 17 heavy (non-hydrogen) atoms. The Morgan fingerprint density at radius 2 is 1.35 bits per heavy atom. The molecule has 1 heterocycles. The van der Waals surface area contributed by atoms with Gasteiger partial charge in [-0.2, -0.15) is 0 Å². The van der Waals surface area contributed by atoms with Gasteiger partial charge in [-0.1, -0.05) is 13.2 Å². The van der Waals surface area contributed by atoms with Crippen LogP contribution in [-0.2, 0) is 0 Å². The van der Waals surface area contributed by atoms with Crippen LogP contribution in [0.1, 0.15) is 12.5 Å². The number of aromatic nitrogens is 3. The largest absolute Gasteiger partial charge is 0.369 e. The minimum atomic E-state index is -1.60. The second-order valence-corrected chi connectivity index (χ2v) is 3.06. The summed E-state index contributed by atoms with van der Waals surface area (Å²) in [4.78, 5) is 36.1. The third kappa shape index (κ3) is 2.17. The van der Waals surface area contributed by atoms with Gasteiger partial charge in [0.1, 0.15) is 0 Å². The molecule has 92 valence electrons. The molecule has 0 saturated carbocycles. The summed E-state index contributed by atoms with van der Waals surface area (Å²) in [7, 11) is 0. The maximum absolute atomic E-state index is 11.7. The van der Waals surface area contributed by atoms with Crippen LogP contribution in [0.4, 0.5) is 0 Å². The van der Waals surface area contributed by atoms with Gasteiger partial charge in [0.25, 0.3) is 0 Å². The fraction of sp³-hybridized carbons (Fsp3) is 0.222. The van der Waals surface area contributed by atoms with Crippen LogP contribution >= 0.6 is 0 Å². The van der Waals surface area contributed by atoms with Gasteiger partial charge in [-0.05, 0) is 12.2 Å². The third-order valence-electron chi connectivity index (χ3n) is 2.01. The zero-order valence-electron chi connectivity index (χ0n) is 8.74. The molecule has 0 amide bonds. The molecule has 1 aromatic rings. The van der Waals surface area contributed by atoms with Gasteiger partial charge in [0, 0.05) is 0 Å². The van der Waals surface area contributed by atoms with Gasteiger partial charge in [0.15, 0.2) is 12.5 Å². The van der Waals surface area contributed by atoms with E-state index in [1.165, 1.54) is 0 Å². The smallest absolute Gasteiger partial charge is 0.341 e. The van der Waals surface area contributed by atoms with E-state index in [0.29, 0.717) is 9.13 Å². The van der Waals surface area contributed by atoms with Gasteiger partial charge >= 0.3 is 17.1 Å². The van der Waals surface area contributed by atoms with Crippen molar-refractivity contribution in [2.75, 3.05) is 0 Å². The minimum absolute atomic E-state index is 0.334. The molecule has 8 heteroatoms. The van der Waals surface area contributed by atoms with Crippen molar-refractivity contribution in [3.05, 3.63) is 56.8 Å². The molecule has 1 aromatic heterocycles. The standard InChI is InChI=1S/C9H11N3O5/c1-3-5(13)11-7(15)10-8(16)12(9(11)17)6(14)4-2/h3-6,13-14H,1-2H2,(H,10,15,16). The van der Waals surface area contributed by atoms with E-state index >= 15 is 0 Å². The van der Waals surface area contributed by atoms with E-state index in [4.69, 9.17) is 0 Å². The molecule has 0 aliphatic heterocycles. The number of aliphatic hydroxyl groups is 2. The van der Waals surface area contributed by atoms with Crippen molar-refractivity contribution in [1.29, 1.82) is 0 Å². The van der Waals surface area contributed by atoms with E-state index < -0.39 is 29.5 Å². The summed E-state index contributed by atoms with van der Waals surface area (Å²) in [5.74, 6) is 0. The number of aromatic amines is 1. The van der Waals surface area contributed by atoms with E-state index in [1.807, 2.05) is 0 Å². The highest BCUT2D eigenvalue weighted by Crippen LogP contribution is 1.96. The third-order valence-corrected chi connectivity index (χ3v) is 2.01. The predicted octanol–water partition coefficient (Wildman–Crippen LogP) is -1.95. The molecule has 2 atom stereocenters. The molecule has 0 aromatic carbocycles. The molecule has 1 rings (SSSR count). The number of rotatable bonds is 4. The molecular weight excluding hydrogens is 230 g/mol. The van der Waals surface area contributed by atoms with Crippen LogP contribution in [-0.4, -0.2) is 24.3 Å². The summed E-state index contributed by atoms with van der Waals surface area (Å²) >= 11 is 0. The highest BCUT2D eigenvalue weighted by atomic mass is 16.3. The summed E-state index contributed by atoms with van der Waals surface area (Å²) in [6.07, 6.45) is -1.36. The first kappa shape index (κ1) is 12.9. The van der Waals surface area contributed by atoms with Crippen molar-refractivity contribution >= 4 is 0 Å². The molecule has 0 radical (unpaired) electrons. The lowest BCUT2D eigenvalue weighted by molar-refractivity contribution is 0.114. The molecule has 0 aliphatic carbocycles. The molecule has 0 fully saturated rings. The van der Waals surface area contributed by atoms with Crippen LogP contribution in [0.3, 0.4) is 0 Å². The SMILES string of the molecule is C=CC(O)n1c(=O)[nH]c(=O)n(C(O)C=C)c1=O. The van der Waals surface area contributed by atoms with Crippen LogP contribution in [0.5, 0.6) is 0 Å². The van der Waals surface area contributed by atoms with Gasteiger partial charge < -0.3 is 10.2 Å². The van der Waals surface area contributed by atoms with Crippen molar-refractivity contribution in [2.24, 2.45) is 0 Å². The summed E-state index contributed by atoms with van der Waals surface area (Å²) in [6.45, 7) is 6.41. The first-order chi connectivity index (χ1) is 7.93. The molecule has 0 spiro atoms. The fourth-order valence-corrected chi connectivity index (χ4v) is 1.18. The molecule has 8 nitrogen and oxygen atoms in total. The second-order valence-electron chi connectivity index (χ2n) is 3.06. The number of nitrogens with zero attached hydrogens (tertiary/aromatic N) is 2. The summed E-state index contributed by atoms with van der Waals surface area (Å²) < 4.78 is 0.669. The van der Waals surface area contributed by atoms with Gasteiger partial charge in [-0.25, -0.2) is 23.5 Å². The first-order valence-electron chi connectivity index (χ1n) is 4.52. The fourth-order valence-electron chi connectivity index (χ4n) is 1.18. The zero-order chi connectivity index (χ0) is 13.2. The Hall–Kier alpha value is -2.19. The highest BCUT2D eigenvalue weighted by molar-refractivity contribution is 4.87. The lowest BCUT2D eigenvalue weighted by Crippen LogP contribution is -2.51. The Balaban J connectivity index is 3.72. The molecule has 0 bridgehead atoms. The number of H-pyrrole nitrogens is 1. The number of aliphatic hydroxyl groups excluding tert-OH is 2. The Morgan fingerprint density at radius 3 is 1.65 bits per heavy atom.